The summed E-state index contributed by atoms with van der Waals surface area (Å²) in [4.78, 5) is 17.2. The number of para-hydroxylation sites is 2. The van der Waals surface area contributed by atoms with Gasteiger partial charge in [0.2, 0.25) is 0 Å². The third-order valence-electron chi connectivity index (χ3n) is 6.56. The molecule has 0 saturated heterocycles. The van der Waals surface area contributed by atoms with Crippen LogP contribution in [0.15, 0.2) is 110 Å². The second-order valence-corrected chi connectivity index (χ2v) is 9.56. The average Bonchev–Trinajstić information content (AvgIpc) is 2.89. The van der Waals surface area contributed by atoms with Gasteiger partial charge in [-0.2, -0.15) is 0 Å². The minimum Gasteiger partial charge on any atom is -0.294 e. The molecule has 5 heteroatoms. The molecule has 2 aliphatic heterocycles. The normalized spacial score (nSPS) is 14.7. The van der Waals surface area contributed by atoms with Gasteiger partial charge in [-0.05, 0) is 52.3 Å². The standard InChI is InChI=1S/C28H18N4Si/c1-2-9-19(10-3-1)32-22-13-5-4-11-20(22)28(21-12-6-18-31-27(21)32)25-23(14-7-16-29-25)33-24-15-8-17-30-26(24)28/h1-18H. The van der Waals surface area contributed by atoms with Crippen LogP contribution >= 0.6 is 0 Å². The summed E-state index contributed by atoms with van der Waals surface area (Å²) in [7, 11) is 0.524. The van der Waals surface area contributed by atoms with Crippen molar-refractivity contribution in [3.8, 4) is 0 Å². The minimum atomic E-state index is -0.621. The van der Waals surface area contributed by atoms with Crippen LogP contribution in [0.1, 0.15) is 22.5 Å². The monoisotopic (exact) mass is 438 g/mol. The van der Waals surface area contributed by atoms with E-state index in [1.807, 2.05) is 42.9 Å². The Morgan fingerprint density at radius 1 is 0.576 bits per heavy atom. The molecule has 2 aliphatic rings. The number of fused-ring (bicyclic) bond motifs is 8. The van der Waals surface area contributed by atoms with E-state index in [2.05, 4.69) is 71.6 Å². The summed E-state index contributed by atoms with van der Waals surface area (Å²) >= 11 is 0. The predicted molar refractivity (Wildman–Crippen MR) is 131 cm³/mol. The summed E-state index contributed by atoms with van der Waals surface area (Å²) < 4.78 is 0. The molecule has 7 rings (SSSR count). The Morgan fingerprint density at radius 2 is 1.18 bits per heavy atom. The third kappa shape index (κ3) is 2.42. The molecule has 5 heterocycles. The molecule has 0 unspecified atom stereocenters. The van der Waals surface area contributed by atoms with E-state index < -0.39 is 5.41 Å². The summed E-state index contributed by atoms with van der Waals surface area (Å²) in [5, 5.41) is 2.52. The van der Waals surface area contributed by atoms with Crippen molar-refractivity contribution in [1.82, 2.24) is 15.0 Å². The first-order valence-corrected chi connectivity index (χ1v) is 12.0. The lowest BCUT2D eigenvalue weighted by atomic mass is 9.66. The number of benzene rings is 2. The van der Waals surface area contributed by atoms with Gasteiger partial charge in [-0.3, -0.25) is 14.9 Å². The smallest absolute Gasteiger partial charge is 0.142 e. The van der Waals surface area contributed by atoms with Crippen molar-refractivity contribution in [1.29, 1.82) is 0 Å². The summed E-state index contributed by atoms with van der Waals surface area (Å²) in [6.07, 6.45) is 5.68. The molecule has 0 saturated carbocycles. The van der Waals surface area contributed by atoms with Crippen molar-refractivity contribution < 1.29 is 0 Å². The van der Waals surface area contributed by atoms with Crippen molar-refractivity contribution in [2.24, 2.45) is 0 Å². The van der Waals surface area contributed by atoms with E-state index >= 15 is 0 Å². The lowest BCUT2D eigenvalue weighted by Gasteiger charge is -2.46. The molecule has 2 radical (unpaired) electrons. The molecule has 0 atom stereocenters. The van der Waals surface area contributed by atoms with Crippen molar-refractivity contribution >= 4 is 37.1 Å². The zero-order valence-electron chi connectivity index (χ0n) is 17.7. The molecule has 33 heavy (non-hydrogen) atoms. The van der Waals surface area contributed by atoms with E-state index in [1.54, 1.807) is 0 Å². The van der Waals surface area contributed by atoms with Gasteiger partial charge in [0.25, 0.3) is 0 Å². The van der Waals surface area contributed by atoms with Gasteiger partial charge >= 0.3 is 0 Å². The lowest BCUT2D eigenvalue weighted by Crippen LogP contribution is -2.53. The van der Waals surface area contributed by atoms with Crippen LogP contribution in [0.4, 0.5) is 17.2 Å². The van der Waals surface area contributed by atoms with E-state index in [4.69, 9.17) is 15.0 Å². The van der Waals surface area contributed by atoms with Gasteiger partial charge in [0, 0.05) is 29.8 Å². The number of hydrogen-bond donors (Lipinski definition) is 0. The number of rotatable bonds is 1. The number of nitrogens with zero attached hydrogens (tertiary/aromatic N) is 4. The highest BCUT2D eigenvalue weighted by molar-refractivity contribution is 6.69. The van der Waals surface area contributed by atoms with Gasteiger partial charge in [-0.25, -0.2) is 4.98 Å². The van der Waals surface area contributed by atoms with Gasteiger partial charge in [-0.15, -0.1) is 0 Å². The third-order valence-corrected chi connectivity index (χ3v) is 7.91. The van der Waals surface area contributed by atoms with Crippen LogP contribution in [0.5, 0.6) is 0 Å². The summed E-state index contributed by atoms with van der Waals surface area (Å²) in [5.74, 6) is 0.917. The first-order chi connectivity index (χ1) is 16.4. The molecule has 5 aromatic rings. The Labute approximate surface area is 194 Å². The number of pyridine rings is 3. The van der Waals surface area contributed by atoms with E-state index in [0.29, 0.717) is 9.52 Å². The second-order valence-electron chi connectivity index (χ2n) is 8.24. The van der Waals surface area contributed by atoms with Crippen LogP contribution in [0, 0.1) is 0 Å². The zero-order chi connectivity index (χ0) is 21.8. The molecular formula is C28H18N4Si. The van der Waals surface area contributed by atoms with Crippen LogP contribution in [0.2, 0.25) is 0 Å². The van der Waals surface area contributed by atoms with E-state index in [-0.39, 0.29) is 0 Å². The van der Waals surface area contributed by atoms with Gasteiger partial charge in [-0.1, -0.05) is 54.6 Å². The fourth-order valence-electron chi connectivity index (χ4n) is 5.33. The minimum absolute atomic E-state index is 0.524. The maximum absolute atomic E-state index is 5.01. The van der Waals surface area contributed by atoms with Crippen LogP contribution in [-0.4, -0.2) is 24.5 Å². The lowest BCUT2D eigenvalue weighted by molar-refractivity contribution is 0.679. The Kier molecular flexibility index (Phi) is 3.89. The van der Waals surface area contributed by atoms with E-state index in [1.165, 1.54) is 15.9 Å². The molecule has 0 aliphatic carbocycles. The molecular weight excluding hydrogens is 420 g/mol. The van der Waals surface area contributed by atoms with E-state index in [0.717, 1.165) is 34.1 Å². The van der Waals surface area contributed by atoms with E-state index in [9.17, 15) is 0 Å². The average molecular weight is 439 g/mol. The summed E-state index contributed by atoms with van der Waals surface area (Å²) in [6, 6.07) is 31.8. The fourth-order valence-corrected chi connectivity index (χ4v) is 6.72. The van der Waals surface area contributed by atoms with Gasteiger partial charge in [0.1, 0.15) is 20.8 Å². The maximum Gasteiger partial charge on any atom is 0.142 e. The predicted octanol–water partition coefficient (Wildman–Crippen LogP) is 4.01. The number of anilines is 3. The largest absolute Gasteiger partial charge is 0.294 e. The molecule has 154 valence electrons. The topological polar surface area (TPSA) is 41.9 Å². The van der Waals surface area contributed by atoms with Crippen LogP contribution in [0.3, 0.4) is 0 Å². The molecule has 0 amide bonds. The Morgan fingerprint density at radius 3 is 1.94 bits per heavy atom. The molecule has 1 spiro atoms. The molecule has 2 aromatic carbocycles. The first kappa shape index (κ1) is 18.5. The Bertz CT molecular complexity index is 1420. The van der Waals surface area contributed by atoms with Crippen LogP contribution in [-0.2, 0) is 5.41 Å². The number of hydrogen-bond acceptors (Lipinski definition) is 4. The van der Waals surface area contributed by atoms with Crippen molar-refractivity contribution in [2.75, 3.05) is 4.90 Å². The van der Waals surface area contributed by atoms with Crippen molar-refractivity contribution in [2.45, 2.75) is 5.41 Å². The van der Waals surface area contributed by atoms with Crippen molar-refractivity contribution in [3.63, 3.8) is 0 Å². The molecule has 0 bridgehead atoms. The molecule has 0 N–H and O–H groups in total. The summed E-state index contributed by atoms with van der Waals surface area (Å²) in [5.41, 5.74) is 5.97. The van der Waals surface area contributed by atoms with Crippen molar-refractivity contribution in [3.05, 3.63) is 132 Å². The molecule has 0 fully saturated rings. The highest BCUT2D eigenvalue weighted by Crippen LogP contribution is 2.55. The highest BCUT2D eigenvalue weighted by atomic mass is 28.2. The van der Waals surface area contributed by atoms with Crippen LogP contribution < -0.4 is 15.3 Å². The Hall–Kier alpha value is -4.09. The Balaban J connectivity index is 1.67. The van der Waals surface area contributed by atoms with Gasteiger partial charge < -0.3 is 0 Å². The summed E-state index contributed by atoms with van der Waals surface area (Å²) in [6.45, 7) is 0. The first-order valence-electron chi connectivity index (χ1n) is 11.0. The quantitative estimate of drug-likeness (QED) is 0.363. The fraction of sp³-hybridized carbons (Fsp3) is 0.0357. The SMILES string of the molecule is c1ccc(N2c3ccccc3C3(c4cccnc42)c2ncccc2[Si]c2cccnc23)cc1. The highest BCUT2D eigenvalue weighted by Gasteiger charge is 2.52. The van der Waals surface area contributed by atoms with Crippen LogP contribution in [0.25, 0.3) is 0 Å². The molecule has 4 nitrogen and oxygen atoms in total. The maximum atomic E-state index is 5.01. The molecule has 3 aromatic heterocycles. The number of aromatic nitrogens is 3. The van der Waals surface area contributed by atoms with Gasteiger partial charge in [0.05, 0.1) is 17.1 Å². The zero-order valence-corrected chi connectivity index (χ0v) is 18.7. The second kappa shape index (κ2) is 6.95. The van der Waals surface area contributed by atoms with Gasteiger partial charge in [0.15, 0.2) is 0 Å².